The van der Waals surface area contributed by atoms with Gasteiger partial charge in [0, 0.05) is 19.8 Å². The molecule has 2 atom stereocenters. The Kier molecular flexibility index (Phi) is 6.26. The van der Waals surface area contributed by atoms with Gasteiger partial charge in [0.2, 0.25) is 0 Å². The molecule has 0 aliphatic heterocycles. The molecule has 6 heteroatoms. The predicted molar refractivity (Wildman–Crippen MR) is 75.6 cm³/mol. The quantitative estimate of drug-likeness (QED) is 0.622. The lowest BCUT2D eigenvalue weighted by molar-refractivity contribution is -0.139. The predicted octanol–water partition coefficient (Wildman–Crippen LogP) is 1.74. The van der Waals surface area contributed by atoms with Crippen molar-refractivity contribution in [3.8, 4) is 0 Å². The Labute approximate surface area is 120 Å². The van der Waals surface area contributed by atoms with Gasteiger partial charge in [-0.1, -0.05) is 20.3 Å². The van der Waals surface area contributed by atoms with Crippen molar-refractivity contribution >= 4 is 12.0 Å². The zero-order valence-electron chi connectivity index (χ0n) is 12.6. The summed E-state index contributed by atoms with van der Waals surface area (Å²) in [6.45, 7) is 4.74. The van der Waals surface area contributed by atoms with E-state index in [1.165, 1.54) is 0 Å². The zero-order valence-corrected chi connectivity index (χ0v) is 12.6. The Morgan fingerprint density at radius 2 is 2.15 bits per heavy atom. The fourth-order valence-electron chi connectivity index (χ4n) is 2.64. The van der Waals surface area contributed by atoms with Crippen LogP contribution in [-0.2, 0) is 9.53 Å². The van der Waals surface area contributed by atoms with Gasteiger partial charge in [0.15, 0.2) is 0 Å². The standard InChI is InChI=1S/C14H26N2O4/c1-14(2)8-4-7-11(14)16-13(19)15-10(12(17)18)6-5-9-20-3/h10-11H,4-9H2,1-3H3,(H,17,18)(H2,15,16,19). The average molecular weight is 286 g/mol. The van der Waals surface area contributed by atoms with Gasteiger partial charge in [0.1, 0.15) is 6.04 Å². The van der Waals surface area contributed by atoms with Crippen molar-refractivity contribution in [3.63, 3.8) is 0 Å². The SMILES string of the molecule is COCCCC(NC(=O)NC1CCCC1(C)C)C(=O)O. The van der Waals surface area contributed by atoms with Crippen LogP contribution >= 0.6 is 0 Å². The first kappa shape index (κ1) is 16.8. The lowest BCUT2D eigenvalue weighted by Gasteiger charge is -2.28. The Bertz CT molecular complexity index is 344. The second-order valence-corrected chi connectivity index (χ2v) is 6.08. The summed E-state index contributed by atoms with van der Waals surface area (Å²) in [6.07, 6.45) is 4.08. The summed E-state index contributed by atoms with van der Waals surface area (Å²) >= 11 is 0. The summed E-state index contributed by atoms with van der Waals surface area (Å²) < 4.78 is 4.89. The first-order chi connectivity index (χ1) is 9.36. The molecule has 0 radical (unpaired) electrons. The van der Waals surface area contributed by atoms with Gasteiger partial charge >= 0.3 is 12.0 Å². The fourth-order valence-corrected chi connectivity index (χ4v) is 2.64. The zero-order chi connectivity index (χ0) is 15.2. The van der Waals surface area contributed by atoms with Gasteiger partial charge in [-0.15, -0.1) is 0 Å². The van der Waals surface area contributed by atoms with Crippen molar-refractivity contribution in [1.29, 1.82) is 0 Å². The molecule has 1 rings (SSSR count). The number of hydrogen-bond donors (Lipinski definition) is 3. The molecule has 116 valence electrons. The second kappa shape index (κ2) is 7.47. The summed E-state index contributed by atoms with van der Waals surface area (Å²) in [4.78, 5) is 23.0. The van der Waals surface area contributed by atoms with Crippen molar-refractivity contribution in [2.24, 2.45) is 5.41 Å². The molecular formula is C14H26N2O4. The van der Waals surface area contributed by atoms with Gasteiger partial charge < -0.3 is 20.5 Å². The summed E-state index contributed by atoms with van der Waals surface area (Å²) in [5.74, 6) is -1.01. The van der Waals surface area contributed by atoms with Gasteiger partial charge in [-0.3, -0.25) is 0 Å². The number of methoxy groups -OCH3 is 1. The Balaban J connectivity index is 2.43. The van der Waals surface area contributed by atoms with E-state index >= 15 is 0 Å². The van der Waals surface area contributed by atoms with Gasteiger partial charge in [0.05, 0.1) is 0 Å². The van der Waals surface area contributed by atoms with E-state index < -0.39 is 18.0 Å². The van der Waals surface area contributed by atoms with E-state index in [1.54, 1.807) is 7.11 Å². The highest BCUT2D eigenvalue weighted by atomic mass is 16.5. The number of carbonyl (C=O) groups is 2. The van der Waals surface area contributed by atoms with Gasteiger partial charge in [0.25, 0.3) is 0 Å². The molecule has 3 N–H and O–H groups in total. The number of rotatable bonds is 7. The minimum atomic E-state index is -1.01. The number of carboxylic acids is 1. The molecule has 1 aliphatic rings. The van der Waals surface area contributed by atoms with E-state index in [-0.39, 0.29) is 11.5 Å². The third-order valence-electron chi connectivity index (χ3n) is 4.01. The number of nitrogens with one attached hydrogen (secondary N) is 2. The highest BCUT2D eigenvalue weighted by Crippen LogP contribution is 2.37. The monoisotopic (exact) mass is 286 g/mol. The van der Waals surface area contributed by atoms with E-state index in [9.17, 15) is 9.59 Å². The van der Waals surface area contributed by atoms with Gasteiger partial charge in [-0.25, -0.2) is 9.59 Å². The molecule has 1 saturated carbocycles. The summed E-state index contributed by atoms with van der Waals surface area (Å²) in [7, 11) is 1.57. The third kappa shape index (κ3) is 5.00. The lowest BCUT2D eigenvalue weighted by atomic mass is 9.87. The lowest BCUT2D eigenvalue weighted by Crippen LogP contribution is -2.51. The smallest absolute Gasteiger partial charge is 0.326 e. The van der Waals surface area contributed by atoms with Crippen LogP contribution < -0.4 is 10.6 Å². The van der Waals surface area contributed by atoms with Crippen LogP contribution in [0.3, 0.4) is 0 Å². The van der Waals surface area contributed by atoms with Crippen LogP contribution in [0.5, 0.6) is 0 Å². The minimum absolute atomic E-state index is 0.0755. The van der Waals surface area contributed by atoms with Crippen LogP contribution in [0.4, 0.5) is 4.79 Å². The Morgan fingerprint density at radius 3 is 2.65 bits per heavy atom. The van der Waals surface area contributed by atoms with Crippen LogP contribution in [-0.4, -0.2) is 42.9 Å². The number of carbonyl (C=O) groups excluding carboxylic acids is 1. The van der Waals surface area contributed by atoms with E-state index in [0.717, 1.165) is 19.3 Å². The number of hydrogen-bond acceptors (Lipinski definition) is 3. The molecule has 1 aliphatic carbocycles. The molecule has 0 saturated heterocycles. The number of urea groups is 1. The molecule has 2 amide bonds. The average Bonchev–Trinajstić information content (AvgIpc) is 2.67. The van der Waals surface area contributed by atoms with Crippen LogP contribution in [0.2, 0.25) is 0 Å². The molecule has 0 bridgehead atoms. The first-order valence-corrected chi connectivity index (χ1v) is 7.15. The van der Waals surface area contributed by atoms with Crippen LogP contribution in [0.25, 0.3) is 0 Å². The highest BCUT2D eigenvalue weighted by molar-refractivity contribution is 5.82. The van der Waals surface area contributed by atoms with E-state index in [0.29, 0.717) is 19.4 Å². The fraction of sp³-hybridized carbons (Fsp3) is 0.857. The molecule has 0 aromatic rings. The molecule has 0 aromatic heterocycles. The largest absolute Gasteiger partial charge is 0.480 e. The van der Waals surface area contributed by atoms with Crippen LogP contribution in [0.1, 0.15) is 46.0 Å². The minimum Gasteiger partial charge on any atom is -0.480 e. The maximum atomic E-state index is 11.9. The summed E-state index contributed by atoms with van der Waals surface area (Å²) in [5, 5.41) is 14.5. The number of carboxylic acid groups (broad SMARTS) is 1. The molecule has 1 fully saturated rings. The van der Waals surface area contributed by atoms with Crippen LogP contribution in [0, 0.1) is 5.41 Å². The third-order valence-corrected chi connectivity index (χ3v) is 4.01. The highest BCUT2D eigenvalue weighted by Gasteiger charge is 2.35. The normalized spacial score (nSPS) is 22.2. The van der Waals surface area contributed by atoms with E-state index in [2.05, 4.69) is 24.5 Å². The molecular weight excluding hydrogens is 260 g/mol. The molecule has 0 aromatic carbocycles. The molecule has 0 spiro atoms. The topological polar surface area (TPSA) is 87.7 Å². The maximum absolute atomic E-state index is 11.9. The molecule has 6 nitrogen and oxygen atoms in total. The maximum Gasteiger partial charge on any atom is 0.326 e. The van der Waals surface area contributed by atoms with Crippen LogP contribution in [0.15, 0.2) is 0 Å². The first-order valence-electron chi connectivity index (χ1n) is 7.15. The molecule has 20 heavy (non-hydrogen) atoms. The molecule has 0 heterocycles. The van der Waals surface area contributed by atoms with E-state index in [1.807, 2.05) is 0 Å². The Hall–Kier alpha value is -1.30. The van der Waals surface area contributed by atoms with Crippen molar-refractivity contribution < 1.29 is 19.4 Å². The Morgan fingerprint density at radius 1 is 1.45 bits per heavy atom. The number of aliphatic carboxylic acids is 1. The number of ether oxygens (including phenoxy) is 1. The van der Waals surface area contributed by atoms with Crippen molar-refractivity contribution in [3.05, 3.63) is 0 Å². The molecule has 2 unspecified atom stereocenters. The number of amides is 2. The second-order valence-electron chi connectivity index (χ2n) is 6.08. The van der Waals surface area contributed by atoms with Crippen molar-refractivity contribution in [1.82, 2.24) is 10.6 Å². The van der Waals surface area contributed by atoms with E-state index in [4.69, 9.17) is 9.84 Å². The summed E-state index contributed by atoms with van der Waals surface area (Å²) in [5.41, 5.74) is 0.0755. The summed E-state index contributed by atoms with van der Waals surface area (Å²) in [6, 6.07) is -1.15. The van der Waals surface area contributed by atoms with Crippen molar-refractivity contribution in [2.75, 3.05) is 13.7 Å². The van der Waals surface area contributed by atoms with Gasteiger partial charge in [-0.2, -0.15) is 0 Å². The van der Waals surface area contributed by atoms with Crippen molar-refractivity contribution in [2.45, 2.75) is 58.0 Å². The van der Waals surface area contributed by atoms with Gasteiger partial charge in [-0.05, 0) is 31.1 Å².